The number of hydrogen-bond acceptors (Lipinski definition) is 3. The summed E-state index contributed by atoms with van der Waals surface area (Å²) in [6.45, 7) is 8.68. The van der Waals surface area contributed by atoms with Gasteiger partial charge in [-0.05, 0) is 18.1 Å². The second-order valence-corrected chi connectivity index (χ2v) is 5.64. The van der Waals surface area contributed by atoms with E-state index < -0.39 is 0 Å². The summed E-state index contributed by atoms with van der Waals surface area (Å²) in [5, 5.41) is 6.81. The average Bonchev–Trinajstić information content (AvgIpc) is 2.89. The molecule has 0 spiro atoms. The van der Waals surface area contributed by atoms with Crippen molar-refractivity contribution in [3.63, 3.8) is 0 Å². The number of hydrogen-bond donors (Lipinski definition) is 1. The molecule has 1 N–H and O–H groups in total. The summed E-state index contributed by atoms with van der Waals surface area (Å²) in [5.74, 6) is 0.797. The van der Waals surface area contributed by atoms with E-state index in [1.165, 1.54) is 5.56 Å². The van der Waals surface area contributed by atoms with Crippen molar-refractivity contribution in [1.82, 2.24) is 15.2 Å². The zero-order chi connectivity index (χ0) is 14.0. The van der Waals surface area contributed by atoms with E-state index >= 15 is 0 Å². The molecular formula is C15H21N3O. The highest BCUT2D eigenvalue weighted by Gasteiger charge is 2.22. The summed E-state index contributed by atoms with van der Waals surface area (Å²) in [7, 11) is 1.68. The summed E-state index contributed by atoms with van der Waals surface area (Å²) in [6, 6.07) is 2.09. The molecule has 2 rings (SSSR count). The van der Waals surface area contributed by atoms with E-state index in [1.54, 1.807) is 13.3 Å². The first-order chi connectivity index (χ1) is 8.97. The number of H-pyrrole nitrogens is 1. The van der Waals surface area contributed by atoms with Crippen molar-refractivity contribution in [3.8, 4) is 17.0 Å². The average molecular weight is 259 g/mol. The van der Waals surface area contributed by atoms with Crippen molar-refractivity contribution in [2.24, 2.45) is 0 Å². The maximum absolute atomic E-state index is 5.48. The summed E-state index contributed by atoms with van der Waals surface area (Å²) in [5.41, 5.74) is 4.16. The van der Waals surface area contributed by atoms with Gasteiger partial charge in [0.15, 0.2) is 0 Å². The predicted molar refractivity (Wildman–Crippen MR) is 76.4 cm³/mol. The van der Waals surface area contributed by atoms with Gasteiger partial charge in [-0.3, -0.25) is 5.10 Å². The highest BCUT2D eigenvalue weighted by molar-refractivity contribution is 5.66. The first-order valence-electron chi connectivity index (χ1n) is 6.55. The minimum absolute atomic E-state index is 0.0100. The third kappa shape index (κ3) is 2.62. The molecule has 0 fully saturated rings. The maximum Gasteiger partial charge on any atom is 0.145 e. The molecule has 102 valence electrons. The number of aryl methyl sites for hydroxylation is 1. The summed E-state index contributed by atoms with van der Waals surface area (Å²) >= 11 is 0. The lowest BCUT2D eigenvalue weighted by Gasteiger charge is -2.23. The van der Waals surface area contributed by atoms with E-state index in [-0.39, 0.29) is 5.41 Å². The number of ether oxygens (including phenoxy) is 1. The van der Waals surface area contributed by atoms with Gasteiger partial charge in [0.1, 0.15) is 11.4 Å². The molecule has 0 saturated carbocycles. The molecule has 2 heterocycles. The van der Waals surface area contributed by atoms with Crippen LogP contribution in [0.3, 0.4) is 0 Å². The van der Waals surface area contributed by atoms with Crippen LogP contribution in [0.2, 0.25) is 0 Å². The lowest BCUT2D eigenvalue weighted by Crippen LogP contribution is -2.17. The van der Waals surface area contributed by atoms with Crippen LogP contribution in [-0.4, -0.2) is 22.3 Å². The first kappa shape index (κ1) is 13.6. The molecule has 0 unspecified atom stereocenters. The number of rotatable bonds is 3. The number of pyridine rings is 1. The van der Waals surface area contributed by atoms with Crippen LogP contribution in [0.1, 0.15) is 39.0 Å². The molecular weight excluding hydrogens is 238 g/mol. The Morgan fingerprint density at radius 3 is 2.53 bits per heavy atom. The minimum atomic E-state index is 0.0100. The van der Waals surface area contributed by atoms with Gasteiger partial charge in [0.2, 0.25) is 0 Å². The van der Waals surface area contributed by atoms with Crippen molar-refractivity contribution < 1.29 is 4.74 Å². The Morgan fingerprint density at radius 2 is 2.05 bits per heavy atom. The van der Waals surface area contributed by atoms with Crippen molar-refractivity contribution >= 4 is 0 Å². The van der Waals surface area contributed by atoms with Crippen LogP contribution in [-0.2, 0) is 11.8 Å². The van der Waals surface area contributed by atoms with Gasteiger partial charge < -0.3 is 4.74 Å². The Morgan fingerprint density at radius 1 is 1.32 bits per heavy atom. The number of methoxy groups -OCH3 is 1. The molecule has 4 nitrogen and oxygen atoms in total. The second kappa shape index (κ2) is 5.03. The largest absolute Gasteiger partial charge is 0.494 e. The molecule has 4 heteroatoms. The minimum Gasteiger partial charge on any atom is -0.494 e. The van der Waals surface area contributed by atoms with Crippen LogP contribution in [0.25, 0.3) is 11.3 Å². The fourth-order valence-electron chi connectivity index (χ4n) is 2.20. The van der Waals surface area contributed by atoms with Gasteiger partial charge in [-0.2, -0.15) is 5.10 Å². The van der Waals surface area contributed by atoms with Crippen LogP contribution >= 0.6 is 0 Å². The lowest BCUT2D eigenvalue weighted by molar-refractivity contribution is 0.412. The summed E-state index contributed by atoms with van der Waals surface area (Å²) in [6.07, 6.45) is 4.55. The third-order valence-corrected chi connectivity index (χ3v) is 3.15. The van der Waals surface area contributed by atoms with Crippen molar-refractivity contribution in [3.05, 3.63) is 29.7 Å². The van der Waals surface area contributed by atoms with Crippen LogP contribution in [0.5, 0.6) is 5.75 Å². The smallest absolute Gasteiger partial charge is 0.145 e. The standard InChI is InChI=1S/C15H21N3O/c1-6-10-7-12(19-5)13(11-8-16-17-9-11)18-14(10)15(2,3)4/h7-9H,6H2,1-5H3,(H,16,17). The predicted octanol–water partition coefficient (Wildman–Crippen LogP) is 3.34. The summed E-state index contributed by atoms with van der Waals surface area (Å²) in [4.78, 5) is 4.84. The molecule has 0 aliphatic rings. The van der Waals surface area contributed by atoms with E-state index in [0.29, 0.717) is 0 Å². The molecule has 0 saturated heterocycles. The molecule has 0 radical (unpaired) electrons. The Labute approximate surface area is 114 Å². The van der Waals surface area contributed by atoms with Gasteiger partial charge >= 0.3 is 0 Å². The molecule has 0 atom stereocenters. The molecule has 2 aromatic heterocycles. The lowest BCUT2D eigenvalue weighted by atomic mass is 9.87. The van der Waals surface area contributed by atoms with E-state index in [9.17, 15) is 0 Å². The van der Waals surface area contributed by atoms with Gasteiger partial charge in [0, 0.05) is 22.9 Å². The number of nitrogens with zero attached hydrogens (tertiary/aromatic N) is 2. The Hall–Kier alpha value is -1.84. The quantitative estimate of drug-likeness (QED) is 0.919. The van der Waals surface area contributed by atoms with E-state index in [0.717, 1.165) is 29.1 Å². The fourth-order valence-corrected chi connectivity index (χ4v) is 2.20. The Balaban J connectivity index is 2.66. The Bertz CT molecular complexity index is 554. The SMILES string of the molecule is CCc1cc(OC)c(-c2cn[nH]c2)nc1C(C)(C)C. The third-order valence-electron chi connectivity index (χ3n) is 3.15. The second-order valence-electron chi connectivity index (χ2n) is 5.64. The van der Waals surface area contributed by atoms with Crippen LogP contribution in [0.4, 0.5) is 0 Å². The fraction of sp³-hybridized carbons (Fsp3) is 0.467. The van der Waals surface area contributed by atoms with Gasteiger partial charge in [-0.15, -0.1) is 0 Å². The highest BCUT2D eigenvalue weighted by Crippen LogP contribution is 2.34. The number of aromatic nitrogens is 3. The zero-order valence-electron chi connectivity index (χ0n) is 12.2. The number of aromatic amines is 1. The van der Waals surface area contributed by atoms with Crippen molar-refractivity contribution in [2.45, 2.75) is 39.5 Å². The highest BCUT2D eigenvalue weighted by atomic mass is 16.5. The zero-order valence-corrected chi connectivity index (χ0v) is 12.2. The molecule has 19 heavy (non-hydrogen) atoms. The molecule has 0 bridgehead atoms. The van der Waals surface area contributed by atoms with Crippen molar-refractivity contribution in [1.29, 1.82) is 0 Å². The topological polar surface area (TPSA) is 50.8 Å². The van der Waals surface area contributed by atoms with Gasteiger partial charge in [-0.25, -0.2) is 4.98 Å². The van der Waals surface area contributed by atoms with E-state index in [2.05, 4.69) is 44.0 Å². The Kier molecular flexibility index (Phi) is 3.60. The van der Waals surface area contributed by atoms with E-state index in [4.69, 9.17) is 9.72 Å². The normalized spacial score (nSPS) is 11.6. The molecule has 0 aromatic carbocycles. The van der Waals surface area contributed by atoms with Crippen LogP contribution < -0.4 is 4.74 Å². The van der Waals surface area contributed by atoms with Crippen LogP contribution in [0.15, 0.2) is 18.5 Å². The number of nitrogens with one attached hydrogen (secondary N) is 1. The molecule has 0 aliphatic carbocycles. The van der Waals surface area contributed by atoms with Crippen LogP contribution in [0, 0.1) is 0 Å². The summed E-state index contributed by atoms with van der Waals surface area (Å²) < 4.78 is 5.48. The molecule has 0 amide bonds. The maximum atomic E-state index is 5.48. The van der Waals surface area contributed by atoms with Gasteiger partial charge in [0.25, 0.3) is 0 Å². The van der Waals surface area contributed by atoms with Gasteiger partial charge in [-0.1, -0.05) is 27.7 Å². The molecule has 2 aromatic rings. The monoisotopic (exact) mass is 259 g/mol. The van der Waals surface area contributed by atoms with E-state index in [1.807, 2.05) is 6.20 Å². The van der Waals surface area contributed by atoms with Crippen molar-refractivity contribution in [2.75, 3.05) is 7.11 Å². The molecule has 0 aliphatic heterocycles. The van der Waals surface area contributed by atoms with Gasteiger partial charge in [0.05, 0.1) is 13.3 Å². The first-order valence-corrected chi connectivity index (χ1v) is 6.55.